The van der Waals surface area contributed by atoms with Crippen molar-refractivity contribution in [2.24, 2.45) is 11.3 Å². The van der Waals surface area contributed by atoms with Gasteiger partial charge in [-0.3, -0.25) is 0 Å². The smallest absolute Gasteiger partial charge is 0.123 e. The lowest BCUT2D eigenvalue weighted by atomic mass is 9.71. The largest absolute Gasteiger partial charge is 0.391 e. The molecule has 102 valence electrons. The predicted molar refractivity (Wildman–Crippen MR) is 80.5 cm³/mol. The summed E-state index contributed by atoms with van der Waals surface area (Å²) < 4.78 is 0. The standard InChI is InChI=1S/C16H21NOS/c1-16(2,3)12-4-5-14-10(7-12)6-11-8-13(9-18)19-15(11)17-14/h6,8,12,18H,4-5,7,9H2,1-3H3. The molecule has 0 bridgehead atoms. The normalized spacial score (nSPS) is 19.7. The maximum absolute atomic E-state index is 9.24. The fourth-order valence-corrected chi connectivity index (χ4v) is 3.88. The van der Waals surface area contributed by atoms with Crippen LogP contribution in [0.5, 0.6) is 0 Å². The number of hydrogen-bond acceptors (Lipinski definition) is 3. The SMILES string of the molecule is CC(C)(C)C1CCc2nc3sc(CO)cc3cc2C1. The topological polar surface area (TPSA) is 33.1 Å². The number of pyridine rings is 1. The molecule has 1 atom stereocenters. The van der Waals surface area contributed by atoms with Crippen molar-refractivity contribution >= 4 is 21.6 Å². The first-order chi connectivity index (χ1) is 8.97. The molecule has 2 nitrogen and oxygen atoms in total. The maximum atomic E-state index is 9.24. The van der Waals surface area contributed by atoms with E-state index in [1.54, 1.807) is 11.3 Å². The van der Waals surface area contributed by atoms with Gasteiger partial charge in [-0.1, -0.05) is 20.8 Å². The monoisotopic (exact) mass is 275 g/mol. The minimum Gasteiger partial charge on any atom is -0.391 e. The van der Waals surface area contributed by atoms with Gasteiger partial charge >= 0.3 is 0 Å². The molecule has 0 amide bonds. The summed E-state index contributed by atoms with van der Waals surface area (Å²) in [6.45, 7) is 7.13. The molecule has 1 N–H and O–H groups in total. The number of aromatic nitrogens is 1. The predicted octanol–water partition coefficient (Wildman–Crippen LogP) is 3.94. The Morgan fingerprint density at radius 2 is 2.16 bits per heavy atom. The quantitative estimate of drug-likeness (QED) is 0.855. The minimum atomic E-state index is 0.121. The second-order valence-corrected chi connectivity index (χ2v) is 7.78. The van der Waals surface area contributed by atoms with Crippen molar-refractivity contribution in [1.29, 1.82) is 0 Å². The van der Waals surface area contributed by atoms with Gasteiger partial charge in [0.2, 0.25) is 0 Å². The second-order valence-electron chi connectivity index (χ2n) is 6.67. The summed E-state index contributed by atoms with van der Waals surface area (Å²) in [4.78, 5) is 6.90. The zero-order valence-corrected chi connectivity index (χ0v) is 12.7. The van der Waals surface area contributed by atoms with E-state index in [2.05, 4.69) is 32.9 Å². The average molecular weight is 275 g/mol. The van der Waals surface area contributed by atoms with E-state index < -0.39 is 0 Å². The van der Waals surface area contributed by atoms with Gasteiger partial charge in [-0.05, 0) is 48.3 Å². The summed E-state index contributed by atoms with van der Waals surface area (Å²) in [5, 5.41) is 10.4. The Balaban J connectivity index is 2.00. The molecule has 0 fully saturated rings. The summed E-state index contributed by atoms with van der Waals surface area (Å²) in [5.41, 5.74) is 3.07. The number of hydrogen-bond donors (Lipinski definition) is 1. The lowest BCUT2D eigenvalue weighted by molar-refractivity contribution is 0.215. The van der Waals surface area contributed by atoms with E-state index in [1.807, 2.05) is 0 Å². The number of aliphatic hydroxyl groups is 1. The highest BCUT2D eigenvalue weighted by atomic mass is 32.1. The molecule has 1 aliphatic carbocycles. The minimum absolute atomic E-state index is 0.121. The highest BCUT2D eigenvalue weighted by molar-refractivity contribution is 7.18. The van der Waals surface area contributed by atoms with Crippen LogP contribution in [-0.4, -0.2) is 10.1 Å². The van der Waals surface area contributed by atoms with Crippen LogP contribution >= 0.6 is 11.3 Å². The second kappa shape index (κ2) is 4.57. The van der Waals surface area contributed by atoms with Crippen LogP contribution in [0.4, 0.5) is 0 Å². The molecule has 2 aromatic rings. The first-order valence-corrected chi connectivity index (χ1v) is 7.81. The Morgan fingerprint density at radius 1 is 1.37 bits per heavy atom. The van der Waals surface area contributed by atoms with E-state index in [9.17, 15) is 5.11 Å². The van der Waals surface area contributed by atoms with Crippen LogP contribution in [0.15, 0.2) is 12.1 Å². The van der Waals surface area contributed by atoms with Crippen molar-refractivity contribution in [3.63, 3.8) is 0 Å². The van der Waals surface area contributed by atoms with E-state index in [1.165, 1.54) is 23.1 Å². The van der Waals surface area contributed by atoms with Gasteiger partial charge in [0.05, 0.1) is 6.61 Å². The van der Waals surface area contributed by atoms with Gasteiger partial charge in [0.15, 0.2) is 0 Å². The van der Waals surface area contributed by atoms with Crippen LogP contribution in [0.25, 0.3) is 10.2 Å². The van der Waals surface area contributed by atoms with Crippen molar-refractivity contribution in [1.82, 2.24) is 4.98 Å². The van der Waals surface area contributed by atoms with Crippen molar-refractivity contribution in [3.8, 4) is 0 Å². The molecular formula is C16H21NOS. The van der Waals surface area contributed by atoms with Crippen LogP contribution in [0, 0.1) is 11.3 Å². The number of thiophene rings is 1. The average Bonchev–Trinajstić information content (AvgIpc) is 2.75. The van der Waals surface area contributed by atoms with Gasteiger partial charge in [0.1, 0.15) is 4.83 Å². The van der Waals surface area contributed by atoms with Gasteiger partial charge < -0.3 is 5.11 Å². The molecule has 0 aromatic carbocycles. The van der Waals surface area contributed by atoms with Gasteiger partial charge in [-0.25, -0.2) is 4.98 Å². The maximum Gasteiger partial charge on any atom is 0.123 e. The highest BCUT2D eigenvalue weighted by Crippen LogP contribution is 2.38. The number of aliphatic hydroxyl groups excluding tert-OH is 1. The third kappa shape index (κ3) is 2.41. The molecule has 2 heterocycles. The molecule has 0 spiro atoms. The summed E-state index contributed by atoms with van der Waals surface area (Å²) in [6, 6.07) is 4.37. The molecular weight excluding hydrogens is 254 g/mol. The molecule has 0 saturated heterocycles. The molecule has 3 rings (SSSR count). The molecule has 3 heteroatoms. The van der Waals surface area contributed by atoms with E-state index >= 15 is 0 Å². The van der Waals surface area contributed by atoms with Crippen molar-refractivity contribution in [3.05, 3.63) is 28.3 Å². The van der Waals surface area contributed by atoms with Crippen LogP contribution in [-0.2, 0) is 19.4 Å². The third-order valence-electron chi connectivity index (χ3n) is 4.30. The molecule has 1 unspecified atom stereocenters. The Kier molecular flexibility index (Phi) is 3.14. The van der Waals surface area contributed by atoms with E-state index in [-0.39, 0.29) is 6.61 Å². The summed E-state index contributed by atoms with van der Waals surface area (Å²) in [7, 11) is 0. The molecule has 0 saturated carbocycles. The Labute approximate surface area is 118 Å². The molecule has 1 aliphatic rings. The van der Waals surface area contributed by atoms with E-state index in [0.29, 0.717) is 5.41 Å². The molecule has 0 aliphatic heterocycles. The number of rotatable bonds is 1. The van der Waals surface area contributed by atoms with Crippen LogP contribution in [0.3, 0.4) is 0 Å². The molecule has 0 radical (unpaired) electrons. The van der Waals surface area contributed by atoms with E-state index in [4.69, 9.17) is 4.98 Å². The fourth-order valence-electron chi connectivity index (χ4n) is 2.99. The zero-order chi connectivity index (χ0) is 13.6. The van der Waals surface area contributed by atoms with E-state index in [0.717, 1.165) is 28.5 Å². The van der Waals surface area contributed by atoms with Crippen molar-refractivity contribution < 1.29 is 5.11 Å². The highest BCUT2D eigenvalue weighted by Gasteiger charge is 2.29. The first kappa shape index (κ1) is 13.1. The Morgan fingerprint density at radius 3 is 2.84 bits per heavy atom. The van der Waals surface area contributed by atoms with Gasteiger partial charge in [-0.15, -0.1) is 11.3 Å². The number of aryl methyl sites for hydroxylation is 1. The van der Waals surface area contributed by atoms with Crippen molar-refractivity contribution in [2.45, 2.75) is 46.6 Å². The summed E-state index contributed by atoms with van der Waals surface area (Å²) >= 11 is 1.62. The van der Waals surface area contributed by atoms with Crippen molar-refractivity contribution in [2.75, 3.05) is 0 Å². The zero-order valence-electron chi connectivity index (χ0n) is 11.9. The first-order valence-electron chi connectivity index (χ1n) is 6.99. The summed E-state index contributed by atoms with van der Waals surface area (Å²) in [5.74, 6) is 0.746. The fraction of sp³-hybridized carbons (Fsp3) is 0.562. The van der Waals surface area contributed by atoms with Gasteiger partial charge in [0, 0.05) is 16.0 Å². The number of nitrogens with zero attached hydrogens (tertiary/aromatic N) is 1. The number of fused-ring (bicyclic) bond motifs is 2. The molecule has 19 heavy (non-hydrogen) atoms. The van der Waals surface area contributed by atoms with Crippen LogP contribution < -0.4 is 0 Å². The third-order valence-corrected chi connectivity index (χ3v) is 5.33. The molecule has 2 aromatic heterocycles. The Hall–Kier alpha value is -0.930. The Bertz CT molecular complexity index is 609. The summed E-state index contributed by atoms with van der Waals surface area (Å²) in [6.07, 6.45) is 3.49. The lowest BCUT2D eigenvalue weighted by Gasteiger charge is -2.34. The lowest BCUT2D eigenvalue weighted by Crippen LogP contribution is -2.27. The van der Waals surface area contributed by atoms with Gasteiger partial charge in [-0.2, -0.15) is 0 Å². The van der Waals surface area contributed by atoms with Crippen LogP contribution in [0.2, 0.25) is 0 Å². The van der Waals surface area contributed by atoms with Gasteiger partial charge in [0.25, 0.3) is 0 Å². The van der Waals surface area contributed by atoms with Crippen LogP contribution in [0.1, 0.15) is 43.3 Å².